The van der Waals surface area contributed by atoms with Gasteiger partial charge in [0.25, 0.3) is 0 Å². The van der Waals surface area contributed by atoms with Gasteiger partial charge < -0.3 is 4.74 Å². The van der Waals surface area contributed by atoms with Crippen molar-refractivity contribution in [3.8, 4) is 12.3 Å². The normalized spacial score (nSPS) is 46.1. The highest BCUT2D eigenvalue weighted by Gasteiger charge is 2.63. The van der Waals surface area contributed by atoms with Gasteiger partial charge in [-0.2, -0.15) is 0 Å². The predicted molar refractivity (Wildman–Crippen MR) is 94.9 cm³/mol. The second-order valence-corrected chi connectivity index (χ2v) is 8.52. The maximum atomic E-state index is 11.7. The van der Waals surface area contributed by atoms with Gasteiger partial charge in [0.05, 0.1) is 0 Å². The lowest BCUT2D eigenvalue weighted by Gasteiger charge is -2.54. The molecule has 4 aliphatic rings. The van der Waals surface area contributed by atoms with E-state index in [4.69, 9.17) is 11.2 Å². The van der Waals surface area contributed by atoms with E-state index in [0.29, 0.717) is 11.8 Å². The van der Waals surface area contributed by atoms with Gasteiger partial charge in [0.1, 0.15) is 0 Å². The zero-order chi connectivity index (χ0) is 16.9. The van der Waals surface area contributed by atoms with E-state index in [0.717, 1.165) is 31.1 Å². The quantitative estimate of drug-likeness (QED) is 0.518. The summed E-state index contributed by atoms with van der Waals surface area (Å²) in [6.45, 7) is 3.79. The van der Waals surface area contributed by atoms with Crippen LogP contribution in [0.3, 0.4) is 0 Å². The first kappa shape index (κ1) is 16.0. The van der Waals surface area contributed by atoms with Crippen LogP contribution < -0.4 is 0 Å². The fourth-order valence-electron chi connectivity index (χ4n) is 6.57. The molecule has 0 N–H and O–H groups in total. The van der Waals surface area contributed by atoms with Crippen molar-refractivity contribution in [1.29, 1.82) is 0 Å². The summed E-state index contributed by atoms with van der Waals surface area (Å²) in [5, 5.41) is 0. The minimum Gasteiger partial charge on any atom is -0.445 e. The highest BCUT2D eigenvalue weighted by Crippen LogP contribution is 2.65. The van der Waals surface area contributed by atoms with Crippen molar-refractivity contribution in [3.05, 3.63) is 23.8 Å². The van der Waals surface area contributed by atoms with Crippen molar-refractivity contribution in [2.24, 2.45) is 29.1 Å². The minimum absolute atomic E-state index is 0.0650. The third kappa shape index (κ3) is 2.06. The highest BCUT2D eigenvalue weighted by molar-refractivity contribution is 5.67. The molecule has 4 aliphatic carbocycles. The highest BCUT2D eigenvalue weighted by atomic mass is 16.6. The lowest BCUT2D eigenvalue weighted by molar-refractivity contribution is -0.167. The summed E-state index contributed by atoms with van der Waals surface area (Å²) in [5.74, 6) is 5.51. The molecule has 0 aliphatic heterocycles. The van der Waals surface area contributed by atoms with Crippen molar-refractivity contribution < 1.29 is 9.53 Å². The summed E-state index contributed by atoms with van der Waals surface area (Å²) in [7, 11) is 0. The number of ether oxygens (including phenoxy) is 1. The molecule has 0 amide bonds. The van der Waals surface area contributed by atoms with Crippen molar-refractivity contribution >= 4 is 5.97 Å². The zero-order valence-corrected chi connectivity index (χ0v) is 14.9. The molecule has 0 radical (unpaired) electrons. The largest absolute Gasteiger partial charge is 0.445 e. The van der Waals surface area contributed by atoms with Crippen LogP contribution in [0.4, 0.5) is 0 Å². The van der Waals surface area contributed by atoms with E-state index in [1.165, 1.54) is 32.6 Å². The molecule has 0 aromatic heterocycles. The molecule has 4 rings (SSSR count). The van der Waals surface area contributed by atoms with Crippen molar-refractivity contribution in [3.63, 3.8) is 0 Å². The molecule has 0 saturated heterocycles. The SMILES string of the molecule is C#CC1(OC(C)=O)CCC2C3CC=C4C=CCCC4C3CCC21C. The molecule has 128 valence electrons. The van der Waals surface area contributed by atoms with E-state index >= 15 is 0 Å². The van der Waals surface area contributed by atoms with Gasteiger partial charge in [-0.15, -0.1) is 6.42 Å². The average Bonchev–Trinajstić information content (AvgIpc) is 2.87. The van der Waals surface area contributed by atoms with E-state index in [-0.39, 0.29) is 11.4 Å². The van der Waals surface area contributed by atoms with E-state index in [2.05, 4.69) is 31.1 Å². The third-order valence-corrected chi connectivity index (χ3v) is 7.69. The van der Waals surface area contributed by atoms with Gasteiger partial charge in [0.2, 0.25) is 0 Å². The smallest absolute Gasteiger partial charge is 0.304 e. The summed E-state index contributed by atoms with van der Waals surface area (Å²) in [4.78, 5) is 11.7. The van der Waals surface area contributed by atoms with E-state index in [9.17, 15) is 4.79 Å². The van der Waals surface area contributed by atoms with Gasteiger partial charge in [-0.3, -0.25) is 4.79 Å². The van der Waals surface area contributed by atoms with Gasteiger partial charge in [-0.25, -0.2) is 0 Å². The van der Waals surface area contributed by atoms with Gasteiger partial charge in [0.15, 0.2) is 5.60 Å². The summed E-state index contributed by atoms with van der Waals surface area (Å²) in [6, 6.07) is 0. The first-order chi connectivity index (χ1) is 11.5. The maximum absolute atomic E-state index is 11.7. The number of carbonyl (C=O) groups is 1. The molecule has 0 spiro atoms. The number of hydrogen-bond acceptors (Lipinski definition) is 2. The Morgan fingerprint density at radius 1 is 1.29 bits per heavy atom. The number of terminal acetylenes is 1. The van der Waals surface area contributed by atoms with Crippen LogP contribution in [0.2, 0.25) is 0 Å². The van der Waals surface area contributed by atoms with Crippen LogP contribution in [0.25, 0.3) is 0 Å². The van der Waals surface area contributed by atoms with Crippen LogP contribution in [-0.4, -0.2) is 11.6 Å². The summed E-state index contributed by atoms with van der Waals surface area (Å²) in [6.07, 6.45) is 21.0. The molecule has 0 aromatic rings. The molecule has 2 fully saturated rings. The summed E-state index contributed by atoms with van der Waals surface area (Å²) < 4.78 is 5.81. The second-order valence-electron chi connectivity index (χ2n) is 8.52. The summed E-state index contributed by atoms with van der Waals surface area (Å²) >= 11 is 0. The van der Waals surface area contributed by atoms with Crippen LogP contribution in [0.1, 0.15) is 58.8 Å². The van der Waals surface area contributed by atoms with Gasteiger partial charge in [-0.1, -0.05) is 31.1 Å². The Morgan fingerprint density at radius 2 is 2.12 bits per heavy atom. The molecular weight excluding hydrogens is 296 g/mol. The fraction of sp³-hybridized carbons (Fsp3) is 0.682. The van der Waals surface area contributed by atoms with E-state index < -0.39 is 5.60 Å². The Balaban J connectivity index is 1.67. The number of esters is 1. The molecule has 2 saturated carbocycles. The fourth-order valence-corrected chi connectivity index (χ4v) is 6.57. The molecule has 2 nitrogen and oxygen atoms in total. The van der Waals surface area contributed by atoms with Gasteiger partial charge in [0, 0.05) is 12.3 Å². The monoisotopic (exact) mass is 324 g/mol. The number of carbonyl (C=O) groups excluding carboxylic acids is 1. The Bertz CT molecular complexity index is 651. The van der Waals surface area contributed by atoms with Crippen molar-refractivity contribution in [1.82, 2.24) is 0 Å². The first-order valence-corrected chi connectivity index (χ1v) is 9.55. The average molecular weight is 324 g/mol. The Kier molecular flexibility index (Phi) is 3.68. The molecular formula is C22H28O2. The van der Waals surface area contributed by atoms with Crippen molar-refractivity contribution in [2.75, 3.05) is 0 Å². The molecule has 0 aromatic carbocycles. The van der Waals surface area contributed by atoms with E-state index in [1.54, 1.807) is 5.57 Å². The van der Waals surface area contributed by atoms with Crippen LogP contribution in [-0.2, 0) is 9.53 Å². The lowest BCUT2D eigenvalue weighted by atomic mass is 9.51. The molecule has 6 atom stereocenters. The minimum atomic E-state index is -0.690. The lowest BCUT2D eigenvalue weighted by Crippen LogP contribution is -2.53. The summed E-state index contributed by atoms with van der Waals surface area (Å²) in [5.41, 5.74) is 0.822. The molecule has 2 heteroatoms. The molecule has 6 unspecified atom stereocenters. The van der Waals surface area contributed by atoms with Crippen LogP contribution in [0.15, 0.2) is 23.8 Å². The van der Waals surface area contributed by atoms with Crippen LogP contribution >= 0.6 is 0 Å². The molecule has 0 bridgehead atoms. The zero-order valence-electron chi connectivity index (χ0n) is 14.9. The van der Waals surface area contributed by atoms with Crippen LogP contribution in [0, 0.1) is 41.4 Å². The van der Waals surface area contributed by atoms with Crippen molar-refractivity contribution in [2.45, 2.75) is 64.4 Å². The Labute approximate surface area is 145 Å². The van der Waals surface area contributed by atoms with Gasteiger partial charge >= 0.3 is 5.97 Å². The standard InChI is InChI=1S/C22H28O2/c1-4-22(24-15(2)23)14-12-20-19-10-9-16-7-5-6-8-17(16)18(19)11-13-21(20,22)3/h1,5,7,9,17-20H,6,8,10-14H2,2-3H3. The number of allylic oxidation sites excluding steroid dienone is 4. The van der Waals surface area contributed by atoms with Gasteiger partial charge in [-0.05, 0) is 74.2 Å². The third-order valence-electron chi connectivity index (χ3n) is 7.69. The maximum Gasteiger partial charge on any atom is 0.304 e. The molecule has 24 heavy (non-hydrogen) atoms. The second kappa shape index (κ2) is 5.51. The molecule has 0 heterocycles. The number of rotatable bonds is 1. The van der Waals surface area contributed by atoms with Crippen LogP contribution in [0.5, 0.6) is 0 Å². The van der Waals surface area contributed by atoms with E-state index in [1.807, 2.05) is 0 Å². The Hall–Kier alpha value is -1.49. The Morgan fingerprint density at radius 3 is 2.88 bits per heavy atom. The predicted octanol–water partition coefficient (Wildman–Crippen LogP) is 4.66. The number of hydrogen-bond donors (Lipinski definition) is 0. The first-order valence-electron chi connectivity index (χ1n) is 9.55. The number of fused-ring (bicyclic) bond motifs is 5. The topological polar surface area (TPSA) is 26.3 Å².